The van der Waals surface area contributed by atoms with Gasteiger partial charge in [0.25, 0.3) is 0 Å². The molecule has 2 rings (SSSR count). The van der Waals surface area contributed by atoms with E-state index in [1.165, 1.54) is 12.1 Å². The SMILES string of the molecule is Cc1c(Cl)cc(S(=O)[O-])c(Cl)c1Cl.Cc1c(Cl)cc(S(=O)[O-])c(Cl)c1Cl.[Zn+2]. The molecule has 13 heteroatoms. The molecule has 144 valence electrons. The second-order valence-electron chi connectivity index (χ2n) is 4.69. The zero-order valence-electron chi connectivity index (χ0n) is 13.6. The first-order valence-electron chi connectivity index (χ1n) is 6.36. The molecule has 2 aromatic rings. The van der Waals surface area contributed by atoms with Crippen molar-refractivity contribution in [2.75, 3.05) is 0 Å². The number of hydrogen-bond donors (Lipinski definition) is 0. The van der Waals surface area contributed by atoms with Crippen LogP contribution in [0.25, 0.3) is 0 Å². The molecule has 0 aliphatic heterocycles. The Kier molecular flexibility index (Phi) is 12.5. The van der Waals surface area contributed by atoms with Gasteiger partial charge in [-0.25, -0.2) is 0 Å². The molecule has 2 atom stereocenters. The van der Waals surface area contributed by atoms with E-state index in [4.69, 9.17) is 69.6 Å². The molecule has 0 saturated carbocycles. The van der Waals surface area contributed by atoms with Gasteiger partial charge in [0.1, 0.15) is 0 Å². The summed E-state index contributed by atoms with van der Waals surface area (Å²) in [6, 6.07) is 2.54. The Bertz CT molecular complexity index is 837. The molecule has 0 aromatic heterocycles. The minimum absolute atomic E-state index is 0. The summed E-state index contributed by atoms with van der Waals surface area (Å²) in [7, 11) is 0. The van der Waals surface area contributed by atoms with Gasteiger partial charge in [0.05, 0.1) is 20.1 Å². The van der Waals surface area contributed by atoms with E-state index < -0.39 is 22.2 Å². The van der Waals surface area contributed by atoms with Crippen molar-refractivity contribution in [2.45, 2.75) is 23.6 Å². The van der Waals surface area contributed by atoms with Crippen LogP contribution in [-0.2, 0) is 41.6 Å². The van der Waals surface area contributed by atoms with Gasteiger partial charge in [-0.1, -0.05) is 69.6 Å². The molecule has 0 fully saturated rings. The third kappa shape index (κ3) is 7.04. The van der Waals surface area contributed by atoms with Gasteiger partial charge in [0.15, 0.2) is 0 Å². The maximum Gasteiger partial charge on any atom is 2.00 e. The van der Waals surface area contributed by atoms with Crippen LogP contribution < -0.4 is 0 Å². The summed E-state index contributed by atoms with van der Waals surface area (Å²) in [4.78, 5) is -0.162. The van der Waals surface area contributed by atoms with Crippen molar-refractivity contribution in [1.82, 2.24) is 0 Å². The third-order valence-corrected chi connectivity index (χ3v) is 7.36. The monoisotopic (exact) mass is 578 g/mol. The van der Waals surface area contributed by atoms with E-state index in [0.29, 0.717) is 11.1 Å². The average Bonchev–Trinajstić information content (AvgIpc) is 2.57. The molecule has 2 unspecified atom stereocenters. The van der Waals surface area contributed by atoms with Crippen LogP contribution in [-0.4, -0.2) is 17.5 Å². The molecule has 0 spiro atoms. The Hall–Kier alpha value is 1.02. The van der Waals surface area contributed by atoms with Gasteiger partial charge in [-0.05, 0) is 59.3 Å². The largest absolute Gasteiger partial charge is 2.00 e. The molecule has 0 saturated heterocycles. The predicted octanol–water partition coefficient (Wildman–Crippen LogP) is 6.38. The van der Waals surface area contributed by atoms with Gasteiger partial charge >= 0.3 is 19.5 Å². The molecule has 0 radical (unpaired) electrons. The smallest absolute Gasteiger partial charge is 0.768 e. The van der Waals surface area contributed by atoms with Gasteiger partial charge in [-0.3, -0.25) is 8.42 Å². The molecule has 0 amide bonds. The van der Waals surface area contributed by atoms with Crippen LogP contribution in [0.3, 0.4) is 0 Å². The summed E-state index contributed by atoms with van der Waals surface area (Å²) >= 11 is 29.4. The molecule has 0 N–H and O–H groups in total. The van der Waals surface area contributed by atoms with E-state index in [1.54, 1.807) is 13.8 Å². The van der Waals surface area contributed by atoms with Crippen LogP contribution >= 0.6 is 69.6 Å². The van der Waals surface area contributed by atoms with Gasteiger partial charge in [0.2, 0.25) is 0 Å². The molecule has 0 aliphatic rings. The fraction of sp³-hybridized carbons (Fsp3) is 0.143. The zero-order chi connectivity index (χ0) is 20.3. The van der Waals surface area contributed by atoms with Crippen LogP contribution in [0.1, 0.15) is 11.1 Å². The molecular weight excluding hydrogens is 574 g/mol. The normalized spacial score (nSPS) is 12.5. The summed E-state index contributed by atoms with van der Waals surface area (Å²) in [5.74, 6) is 0. The summed E-state index contributed by atoms with van der Waals surface area (Å²) in [6.45, 7) is 3.32. The predicted molar refractivity (Wildman–Crippen MR) is 107 cm³/mol. The number of hydrogen-bond acceptors (Lipinski definition) is 4. The Morgan fingerprint density at radius 1 is 0.667 bits per heavy atom. The first kappa shape index (κ1) is 28.0. The van der Waals surface area contributed by atoms with Gasteiger partial charge in [0, 0.05) is 19.8 Å². The molecular formula is C14H8Cl6O4S2Zn. The number of benzene rings is 2. The fourth-order valence-electron chi connectivity index (χ4n) is 1.57. The first-order valence-corrected chi connectivity index (χ1v) is 10.8. The van der Waals surface area contributed by atoms with Crippen molar-refractivity contribution in [2.24, 2.45) is 0 Å². The zero-order valence-corrected chi connectivity index (χ0v) is 22.7. The maximum absolute atomic E-state index is 10.6. The van der Waals surface area contributed by atoms with E-state index in [-0.39, 0.29) is 59.4 Å². The third-order valence-electron chi connectivity index (χ3n) is 3.07. The van der Waals surface area contributed by atoms with E-state index in [9.17, 15) is 17.5 Å². The Labute approximate surface area is 204 Å². The fourth-order valence-corrected chi connectivity index (χ4v) is 4.42. The van der Waals surface area contributed by atoms with E-state index in [1.807, 2.05) is 0 Å². The van der Waals surface area contributed by atoms with Crippen molar-refractivity contribution in [3.63, 3.8) is 0 Å². The maximum atomic E-state index is 10.6. The minimum atomic E-state index is -2.42. The number of halogens is 6. The van der Waals surface area contributed by atoms with Crippen molar-refractivity contribution in [1.29, 1.82) is 0 Å². The topological polar surface area (TPSA) is 80.3 Å². The van der Waals surface area contributed by atoms with E-state index in [2.05, 4.69) is 0 Å². The second kappa shape index (κ2) is 12.0. The minimum Gasteiger partial charge on any atom is -0.768 e. The second-order valence-corrected chi connectivity index (χ2v) is 8.83. The summed E-state index contributed by atoms with van der Waals surface area (Å²) in [5.41, 5.74) is 1.14. The quantitative estimate of drug-likeness (QED) is 0.234. The molecule has 27 heavy (non-hydrogen) atoms. The van der Waals surface area contributed by atoms with Crippen molar-refractivity contribution < 1.29 is 37.0 Å². The van der Waals surface area contributed by atoms with Crippen LogP contribution in [0, 0.1) is 13.8 Å². The van der Waals surface area contributed by atoms with Gasteiger partial charge in [-0.2, -0.15) is 0 Å². The van der Waals surface area contributed by atoms with Gasteiger partial charge < -0.3 is 9.11 Å². The molecule has 0 bridgehead atoms. The van der Waals surface area contributed by atoms with Crippen molar-refractivity contribution in [3.8, 4) is 0 Å². The Morgan fingerprint density at radius 3 is 1.15 bits per heavy atom. The standard InChI is InChI=1S/2C7H5Cl3O2S.Zn/c2*1-3-4(8)2-5(13(11)12)7(10)6(3)9;/h2*2H,1H3,(H,11,12);/q;;+2/p-2. The van der Waals surface area contributed by atoms with Crippen molar-refractivity contribution in [3.05, 3.63) is 53.4 Å². The summed E-state index contributed by atoms with van der Waals surface area (Å²) in [6.07, 6.45) is 0. The van der Waals surface area contributed by atoms with E-state index in [0.717, 1.165) is 0 Å². The van der Waals surface area contributed by atoms with Crippen LogP contribution in [0.4, 0.5) is 0 Å². The van der Waals surface area contributed by atoms with Crippen molar-refractivity contribution >= 4 is 91.8 Å². The number of rotatable bonds is 2. The first-order chi connectivity index (χ1) is 11.9. The molecule has 0 aliphatic carbocycles. The summed E-state index contributed by atoms with van der Waals surface area (Å²) < 4.78 is 42.5. The average molecular weight is 582 g/mol. The van der Waals surface area contributed by atoms with E-state index >= 15 is 0 Å². The summed E-state index contributed by atoms with van der Waals surface area (Å²) in [5, 5.41) is 0.942. The van der Waals surface area contributed by atoms with Crippen LogP contribution in [0.5, 0.6) is 0 Å². The van der Waals surface area contributed by atoms with Crippen LogP contribution in [0.2, 0.25) is 30.1 Å². The Balaban J connectivity index is 0.000000483. The molecule has 0 heterocycles. The molecule has 2 aromatic carbocycles. The Morgan fingerprint density at radius 2 is 0.926 bits per heavy atom. The van der Waals surface area contributed by atoms with Gasteiger partial charge in [-0.15, -0.1) is 0 Å². The van der Waals surface area contributed by atoms with Crippen LogP contribution in [0.15, 0.2) is 21.9 Å². The molecule has 4 nitrogen and oxygen atoms in total.